The Hall–Kier alpha value is -1.32. The summed E-state index contributed by atoms with van der Waals surface area (Å²) in [6, 6.07) is 0. The number of carbonyl (C=O) groups excluding carboxylic acids is 1. The van der Waals surface area contributed by atoms with Crippen molar-refractivity contribution < 1.29 is 19.8 Å². The summed E-state index contributed by atoms with van der Waals surface area (Å²) in [5.74, 6) is -1.43. The van der Waals surface area contributed by atoms with Crippen LogP contribution in [0, 0.1) is 0 Å². The van der Waals surface area contributed by atoms with Crippen molar-refractivity contribution in [2.45, 2.75) is 0 Å². The van der Waals surface area contributed by atoms with Crippen LogP contribution < -0.4 is 0 Å². The Morgan fingerprint density at radius 2 is 2.00 bits per heavy atom. The van der Waals surface area contributed by atoms with Gasteiger partial charge in [0.1, 0.15) is 5.57 Å². The highest BCUT2D eigenvalue weighted by Gasteiger charge is 2.02. The van der Waals surface area contributed by atoms with Crippen molar-refractivity contribution in [2.75, 3.05) is 0 Å². The minimum Gasteiger partial charge on any atom is -0.515 e. The summed E-state index contributed by atoms with van der Waals surface area (Å²) < 4.78 is 0. The summed E-state index contributed by atoms with van der Waals surface area (Å²) in [5.41, 5.74) is -0.648. The second-order valence-electron chi connectivity index (χ2n) is 1.01. The maximum atomic E-state index is 9.70. The van der Waals surface area contributed by atoms with Gasteiger partial charge in [0, 0.05) is 0 Å². The molecule has 4 nitrogen and oxygen atoms in total. The van der Waals surface area contributed by atoms with Gasteiger partial charge >= 0.3 is 5.97 Å². The Bertz CT molecular complexity index is 135. The Kier molecular flexibility index (Phi) is 2.33. The second-order valence-corrected chi connectivity index (χ2v) is 1.01. The van der Waals surface area contributed by atoms with Crippen molar-refractivity contribution in [3.63, 3.8) is 0 Å². The van der Waals surface area contributed by atoms with Gasteiger partial charge in [-0.25, -0.2) is 4.79 Å². The third-order valence-corrected chi connectivity index (χ3v) is 0.513. The quantitative estimate of drug-likeness (QED) is 0.171. The molecule has 0 unspecified atom stereocenters. The van der Waals surface area contributed by atoms with E-state index in [0.717, 1.165) is 0 Å². The molecule has 0 spiro atoms. The lowest BCUT2D eigenvalue weighted by atomic mass is 10.3. The number of aldehydes is 1. The summed E-state index contributed by atoms with van der Waals surface area (Å²) >= 11 is 0. The Morgan fingerprint density at radius 3 is 2.00 bits per heavy atom. The number of aliphatic hydroxyl groups is 1. The molecule has 0 heterocycles. The van der Waals surface area contributed by atoms with Crippen LogP contribution in [0.25, 0.3) is 0 Å². The average molecular weight is 116 g/mol. The topological polar surface area (TPSA) is 74.6 Å². The molecule has 0 aliphatic carbocycles. The first-order chi connectivity index (χ1) is 3.72. The van der Waals surface area contributed by atoms with Gasteiger partial charge in [-0.2, -0.15) is 0 Å². The van der Waals surface area contributed by atoms with E-state index < -0.39 is 11.5 Å². The van der Waals surface area contributed by atoms with Crippen molar-refractivity contribution in [3.8, 4) is 0 Å². The molecule has 2 N–H and O–H groups in total. The SMILES string of the molecule is O=C/C(=C/O)C(=O)O. The maximum Gasteiger partial charge on any atom is 0.342 e. The van der Waals surface area contributed by atoms with Gasteiger partial charge in [0.15, 0.2) is 6.29 Å². The fraction of sp³-hybridized carbons (Fsp3) is 0. The first-order valence-corrected chi connectivity index (χ1v) is 1.75. The Morgan fingerprint density at radius 1 is 1.50 bits per heavy atom. The van der Waals surface area contributed by atoms with Crippen LogP contribution in [0.1, 0.15) is 0 Å². The van der Waals surface area contributed by atoms with Crippen molar-refractivity contribution in [1.82, 2.24) is 0 Å². The molecule has 0 aromatic carbocycles. The molecule has 0 aliphatic rings. The molecule has 0 saturated heterocycles. The monoisotopic (exact) mass is 116 g/mol. The molecule has 0 radical (unpaired) electrons. The van der Waals surface area contributed by atoms with E-state index in [2.05, 4.69) is 0 Å². The Labute approximate surface area is 45.1 Å². The predicted octanol–water partition coefficient (Wildman–Crippen LogP) is -0.288. The first-order valence-electron chi connectivity index (χ1n) is 1.75. The number of aliphatic carboxylic acids is 1. The zero-order chi connectivity index (χ0) is 6.57. The lowest BCUT2D eigenvalue weighted by Crippen LogP contribution is -2.00. The number of hydrogen-bond donors (Lipinski definition) is 2. The predicted molar refractivity (Wildman–Crippen MR) is 24.4 cm³/mol. The normalized spacial score (nSPS) is 10.8. The maximum absolute atomic E-state index is 9.70. The van der Waals surface area contributed by atoms with Crippen LogP contribution in [0.3, 0.4) is 0 Å². The van der Waals surface area contributed by atoms with E-state index in [0.29, 0.717) is 0 Å². The van der Waals surface area contributed by atoms with E-state index in [-0.39, 0.29) is 12.5 Å². The van der Waals surface area contributed by atoms with Crippen molar-refractivity contribution in [2.24, 2.45) is 0 Å². The van der Waals surface area contributed by atoms with Crippen LogP contribution in [-0.2, 0) is 9.59 Å². The smallest absolute Gasteiger partial charge is 0.342 e. The van der Waals surface area contributed by atoms with Gasteiger partial charge in [-0.3, -0.25) is 4.79 Å². The largest absolute Gasteiger partial charge is 0.515 e. The third-order valence-electron chi connectivity index (χ3n) is 0.513. The number of carboxylic acid groups (broad SMARTS) is 1. The molecule has 0 amide bonds. The zero-order valence-corrected chi connectivity index (χ0v) is 3.87. The van der Waals surface area contributed by atoms with E-state index in [9.17, 15) is 9.59 Å². The van der Waals surface area contributed by atoms with E-state index in [1.807, 2.05) is 0 Å². The van der Waals surface area contributed by atoms with Crippen LogP contribution in [0.4, 0.5) is 0 Å². The molecule has 0 aromatic rings. The van der Waals surface area contributed by atoms with Gasteiger partial charge in [-0.05, 0) is 0 Å². The molecule has 0 bridgehead atoms. The summed E-state index contributed by atoms with van der Waals surface area (Å²) in [7, 11) is 0. The van der Waals surface area contributed by atoms with Gasteiger partial charge in [-0.1, -0.05) is 0 Å². The van der Waals surface area contributed by atoms with Crippen molar-refractivity contribution >= 4 is 12.3 Å². The van der Waals surface area contributed by atoms with Crippen LogP contribution >= 0.6 is 0 Å². The number of rotatable bonds is 2. The standard InChI is InChI=1S/C4H4O4/c5-1-3(2-6)4(7)8/h1-2,5H,(H,7,8)/b3-1-. The third kappa shape index (κ3) is 1.42. The molecular formula is C4H4O4. The van der Waals surface area contributed by atoms with Gasteiger partial charge in [0.25, 0.3) is 0 Å². The van der Waals surface area contributed by atoms with Gasteiger partial charge in [0.05, 0.1) is 6.26 Å². The van der Waals surface area contributed by atoms with Crippen molar-refractivity contribution in [3.05, 3.63) is 11.8 Å². The highest BCUT2D eigenvalue weighted by molar-refractivity contribution is 6.06. The van der Waals surface area contributed by atoms with Crippen LogP contribution in [0.2, 0.25) is 0 Å². The number of hydrogen-bond acceptors (Lipinski definition) is 3. The fourth-order valence-corrected chi connectivity index (χ4v) is 0.136. The molecule has 0 saturated carbocycles. The average Bonchev–Trinajstić information content (AvgIpc) is 1.69. The van der Waals surface area contributed by atoms with Crippen LogP contribution in [0.5, 0.6) is 0 Å². The molecule has 0 aromatic heterocycles. The molecule has 0 fully saturated rings. The fourth-order valence-electron chi connectivity index (χ4n) is 0.136. The van der Waals surface area contributed by atoms with E-state index in [4.69, 9.17) is 10.2 Å². The molecule has 44 valence electrons. The summed E-state index contributed by atoms with van der Waals surface area (Å²) in [6.45, 7) is 0. The number of carboxylic acids is 1. The molecule has 0 atom stereocenters. The minimum absolute atomic E-state index is 0.0579. The molecule has 0 aliphatic heterocycles. The highest BCUT2D eigenvalue weighted by Crippen LogP contribution is 1.83. The summed E-state index contributed by atoms with van der Waals surface area (Å²) in [4.78, 5) is 19.3. The van der Waals surface area contributed by atoms with Crippen LogP contribution in [-0.4, -0.2) is 22.5 Å². The summed E-state index contributed by atoms with van der Waals surface area (Å²) in [5, 5.41) is 15.8. The lowest BCUT2D eigenvalue weighted by Gasteiger charge is -1.82. The van der Waals surface area contributed by atoms with Gasteiger partial charge < -0.3 is 10.2 Å². The van der Waals surface area contributed by atoms with E-state index in [1.165, 1.54) is 0 Å². The molecule has 4 heteroatoms. The van der Waals surface area contributed by atoms with Crippen molar-refractivity contribution in [1.29, 1.82) is 0 Å². The van der Waals surface area contributed by atoms with E-state index >= 15 is 0 Å². The van der Waals surface area contributed by atoms with Gasteiger partial charge in [-0.15, -0.1) is 0 Å². The Balaban J connectivity index is 4.13. The second kappa shape index (κ2) is 2.79. The highest BCUT2D eigenvalue weighted by atomic mass is 16.4. The van der Waals surface area contributed by atoms with Gasteiger partial charge in [0.2, 0.25) is 0 Å². The zero-order valence-electron chi connectivity index (χ0n) is 3.87. The molecule has 0 rings (SSSR count). The molecule has 8 heavy (non-hydrogen) atoms. The first kappa shape index (κ1) is 6.68. The lowest BCUT2D eigenvalue weighted by molar-refractivity contribution is -0.133. The summed E-state index contributed by atoms with van der Waals surface area (Å²) in [6.07, 6.45) is 0.303. The minimum atomic E-state index is -1.43. The number of aliphatic hydroxyl groups excluding tert-OH is 1. The number of carbonyl (C=O) groups is 2. The molecular weight excluding hydrogens is 112 g/mol. The van der Waals surface area contributed by atoms with Crippen LogP contribution in [0.15, 0.2) is 11.8 Å². The van der Waals surface area contributed by atoms with E-state index in [1.54, 1.807) is 0 Å².